The number of carbonyl (C=O) groups is 1. The molecule has 0 aromatic carbocycles. The van der Waals surface area contributed by atoms with Crippen LogP contribution in [0.4, 0.5) is 0 Å². The van der Waals surface area contributed by atoms with Crippen molar-refractivity contribution in [2.45, 2.75) is 40.5 Å². The Balaban J connectivity index is 2.89. The van der Waals surface area contributed by atoms with Crippen molar-refractivity contribution < 1.29 is 4.79 Å². The molecule has 4 heteroatoms. The average Bonchev–Trinajstić information content (AvgIpc) is 2.35. The molecule has 4 nitrogen and oxygen atoms in total. The first-order chi connectivity index (χ1) is 8.49. The molecule has 0 aliphatic carbocycles. The second-order valence-electron chi connectivity index (χ2n) is 4.74. The zero-order valence-electron chi connectivity index (χ0n) is 11.6. The predicted molar refractivity (Wildman–Crippen MR) is 73.0 cm³/mol. The zero-order valence-corrected chi connectivity index (χ0v) is 11.6. The number of aryl methyl sites for hydroxylation is 2. The first-order valence-corrected chi connectivity index (χ1v) is 6.50. The number of hydrogen-bond donors (Lipinski definition) is 2. The highest BCUT2D eigenvalue weighted by Gasteiger charge is 2.13. The fraction of sp³-hybridized carbons (Fsp3) is 0.571. The van der Waals surface area contributed by atoms with Crippen LogP contribution in [-0.2, 0) is 6.42 Å². The van der Waals surface area contributed by atoms with Gasteiger partial charge < -0.3 is 10.3 Å². The van der Waals surface area contributed by atoms with Gasteiger partial charge in [0.15, 0.2) is 0 Å². The van der Waals surface area contributed by atoms with Gasteiger partial charge in [-0.15, -0.1) is 0 Å². The minimum atomic E-state index is -0.314. The highest BCUT2D eigenvalue weighted by atomic mass is 16.2. The molecule has 18 heavy (non-hydrogen) atoms. The Hall–Kier alpha value is -1.58. The van der Waals surface area contributed by atoms with E-state index in [9.17, 15) is 9.59 Å². The van der Waals surface area contributed by atoms with Gasteiger partial charge >= 0.3 is 0 Å². The van der Waals surface area contributed by atoms with Crippen LogP contribution in [0.3, 0.4) is 0 Å². The Morgan fingerprint density at radius 2 is 2.11 bits per heavy atom. The van der Waals surface area contributed by atoms with Crippen LogP contribution in [0.2, 0.25) is 0 Å². The Labute approximate surface area is 108 Å². The van der Waals surface area contributed by atoms with Crippen LogP contribution in [0.1, 0.15) is 48.8 Å². The third-order valence-corrected chi connectivity index (χ3v) is 3.28. The van der Waals surface area contributed by atoms with E-state index < -0.39 is 0 Å². The fourth-order valence-electron chi connectivity index (χ4n) is 1.71. The minimum Gasteiger partial charge on any atom is -0.352 e. The molecule has 1 amide bonds. The number of nitrogens with one attached hydrogen (secondary N) is 2. The molecule has 0 saturated carbocycles. The number of amides is 1. The van der Waals surface area contributed by atoms with E-state index in [1.54, 1.807) is 6.07 Å². The molecular formula is C14H22N2O2. The van der Waals surface area contributed by atoms with E-state index in [0.29, 0.717) is 12.5 Å². The summed E-state index contributed by atoms with van der Waals surface area (Å²) in [5.74, 6) is 0.135. The predicted octanol–water partition coefficient (Wildman–Crippen LogP) is 2.02. The van der Waals surface area contributed by atoms with Crippen LogP contribution in [0, 0.1) is 12.8 Å². The lowest BCUT2D eigenvalue weighted by molar-refractivity contribution is 0.0946. The molecule has 0 bridgehead atoms. The maximum Gasteiger partial charge on any atom is 0.261 e. The largest absolute Gasteiger partial charge is 0.352 e. The van der Waals surface area contributed by atoms with Gasteiger partial charge in [-0.1, -0.05) is 27.2 Å². The van der Waals surface area contributed by atoms with Crippen molar-refractivity contribution in [2.24, 2.45) is 5.92 Å². The van der Waals surface area contributed by atoms with E-state index in [2.05, 4.69) is 24.1 Å². The van der Waals surface area contributed by atoms with E-state index >= 15 is 0 Å². The summed E-state index contributed by atoms with van der Waals surface area (Å²) in [5, 5.41) is 2.80. The van der Waals surface area contributed by atoms with Crippen LogP contribution in [0.15, 0.2) is 10.9 Å². The third-order valence-electron chi connectivity index (χ3n) is 3.28. The molecule has 0 unspecified atom stereocenters. The molecule has 0 saturated heterocycles. The van der Waals surface area contributed by atoms with Crippen molar-refractivity contribution in [3.05, 3.63) is 33.2 Å². The van der Waals surface area contributed by atoms with Gasteiger partial charge in [-0.25, -0.2) is 0 Å². The van der Waals surface area contributed by atoms with Crippen molar-refractivity contribution in [3.63, 3.8) is 0 Å². The first kappa shape index (κ1) is 14.5. The third kappa shape index (κ3) is 3.45. The smallest absolute Gasteiger partial charge is 0.261 e. The van der Waals surface area contributed by atoms with Gasteiger partial charge in [0, 0.05) is 12.2 Å². The number of aromatic amines is 1. The van der Waals surface area contributed by atoms with Gasteiger partial charge in [0.05, 0.1) is 0 Å². The van der Waals surface area contributed by atoms with Crippen molar-refractivity contribution in [1.29, 1.82) is 0 Å². The number of H-pyrrole nitrogens is 1. The number of hydrogen-bond acceptors (Lipinski definition) is 2. The molecule has 2 N–H and O–H groups in total. The number of aromatic nitrogens is 1. The second kappa shape index (κ2) is 6.38. The molecule has 0 radical (unpaired) electrons. The van der Waals surface area contributed by atoms with Gasteiger partial charge in [0.1, 0.15) is 5.56 Å². The van der Waals surface area contributed by atoms with Crippen LogP contribution < -0.4 is 10.9 Å². The van der Waals surface area contributed by atoms with E-state index in [1.165, 1.54) is 0 Å². The van der Waals surface area contributed by atoms with Crippen molar-refractivity contribution in [2.75, 3.05) is 6.54 Å². The Bertz CT molecular complexity index is 477. The van der Waals surface area contributed by atoms with E-state index in [1.807, 2.05) is 13.8 Å². The summed E-state index contributed by atoms with van der Waals surface area (Å²) in [5.41, 5.74) is 1.73. The van der Waals surface area contributed by atoms with Gasteiger partial charge in [-0.05, 0) is 30.9 Å². The standard InChI is InChI=1S/C14H22N2O2/c1-5-9(3)8-15-13(17)12-7-11(6-2)10(4)16-14(12)18/h7,9H,5-6,8H2,1-4H3,(H,15,17)(H,16,18)/t9-/m1/s1. The maximum atomic E-state index is 11.9. The van der Waals surface area contributed by atoms with E-state index in [4.69, 9.17) is 0 Å². The fourth-order valence-corrected chi connectivity index (χ4v) is 1.71. The van der Waals surface area contributed by atoms with E-state index in [-0.39, 0.29) is 17.0 Å². The molecule has 100 valence electrons. The number of rotatable bonds is 5. The monoisotopic (exact) mass is 250 g/mol. The molecule has 1 aromatic rings. The van der Waals surface area contributed by atoms with Crippen LogP contribution in [-0.4, -0.2) is 17.4 Å². The van der Waals surface area contributed by atoms with Crippen LogP contribution in [0.5, 0.6) is 0 Å². The summed E-state index contributed by atoms with van der Waals surface area (Å²) < 4.78 is 0. The van der Waals surface area contributed by atoms with Crippen molar-refractivity contribution in [1.82, 2.24) is 10.3 Å². The van der Waals surface area contributed by atoms with Crippen molar-refractivity contribution >= 4 is 5.91 Å². The van der Waals surface area contributed by atoms with E-state index in [0.717, 1.165) is 24.1 Å². The molecular weight excluding hydrogens is 228 g/mol. The Morgan fingerprint density at radius 3 is 2.67 bits per heavy atom. The molecule has 0 aliphatic rings. The summed E-state index contributed by atoms with van der Waals surface area (Å²) >= 11 is 0. The van der Waals surface area contributed by atoms with Crippen LogP contribution >= 0.6 is 0 Å². The molecule has 1 atom stereocenters. The van der Waals surface area contributed by atoms with Gasteiger partial charge in [0.2, 0.25) is 0 Å². The van der Waals surface area contributed by atoms with Gasteiger partial charge in [-0.3, -0.25) is 9.59 Å². The molecule has 0 fully saturated rings. The lowest BCUT2D eigenvalue weighted by Gasteiger charge is -2.11. The lowest BCUT2D eigenvalue weighted by Crippen LogP contribution is -2.33. The molecule has 1 rings (SSSR count). The SMILES string of the molecule is CCc1cc(C(=O)NC[C@H](C)CC)c(=O)[nH]c1C. The first-order valence-electron chi connectivity index (χ1n) is 6.50. The summed E-state index contributed by atoms with van der Waals surface area (Å²) in [6.07, 6.45) is 1.80. The average molecular weight is 250 g/mol. The molecule has 1 aromatic heterocycles. The second-order valence-corrected chi connectivity index (χ2v) is 4.74. The van der Waals surface area contributed by atoms with Gasteiger partial charge in [0.25, 0.3) is 11.5 Å². The minimum absolute atomic E-state index is 0.209. The summed E-state index contributed by atoms with van der Waals surface area (Å²) in [6.45, 7) is 8.59. The summed E-state index contributed by atoms with van der Waals surface area (Å²) in [6, 6.07) is 1.69. The topological polar surface area (TPSA) is 62.0 Å². The zero-order chi connectivity index (χ0) is 13.7. The highest BCUT2D eigenvalue weighted by molar-refractivity contribution is 5.94. The van der Waals surface area contributed by atoms with Crippen LogP contribution in [0.25, 0.3) is 0 Å². The summed E-state index contributed by atoms with van der Waals surface area (Å²) in [7, 11) is 0. The maximum absolute atomic E-state index is 11.9. The Kier molecular flexibility index (Phi) is 5.13. The lowest BCUT2D eigenvalue weighted by atomic mass is 10.1. The highest BCUT2D eigenvalue weighted by Crippen LogP contribution is 2.06. The molecule has 0 spiro atoms. The van der Waals surface area contributed by atoms with Crippen molar-refractivity contribution in [3.8, 4) is 0 Å². The number of pyridine rings is 1. The normalized spacial score (nSPS) is 12.2. The summed E-state index contributed by atoms with van der Waals surface area (Å²) in [4.78, 5) is 26.4. The molecule has 1 heterocycles. The number of carbonyl (C=O) groups excluding carboxylic acids is 1. The van der Waals surface area contributed by atoms with Gasteiger partial charge in [-0.2, -0.15) is 0 Å². The molecule has 0 aliphatic heterocycles. The Morgan fingerprint density at radius 1 is 1.44 bits per heavy atom. The quantitative estimate of drug-likeness (QED) is 0.840.